The van der Waals surface area contributed by atoms with Crippen molar-refractivity contribution in [3.63, 3.8) is 0 Å². The van der Waals surface area contributed by atoms with Crippen molar-refractivity contribution >= 4 is 31.9 Å². The van der Waals surface area contributed by atoms with E-state index in [-0.39, 0.29) is 0 Å². The monoisotopic (exact) mass is 242 g/mol. The number of halogens is 2. The van der Waals surface area contributed by atoms with Crippen molar-refractivity contribution in [3.05, 3.63) is 12.7 Å². The van der Waals surface area contributed by atoms with Gasteiger partial charge in [-0.1, -0.05) is 44.9 Å². The Kier molecular flexibility index (Phi) is 22.5. The Morgan fingerprint density at radius 2 is 1.75 bits per heavy atom. The summed E-state index contributed by atoms with van der Waals surface area (Å²) in [7, 11) is 0. The second kappa shape index (κ2) is 15.6. The van der Waals surface area contributed by atoms with Crippen LogP contribution < -0.4 is 0 Å². The highest BCUT2D eigenvalue weighted by molar-refractivity contribution is 9.09. The van der Waals surface area contributed by atoms with Crippen molar-refractivity contribution < 1.29 is 0 Å². The highest BCUT2D eigenvalue weighted by atomic mass is 79.9. The molecule has 0 spiro atoms. The molecule has 0 unspecified atom stereocenters. The summed E-state index contributed by atoms with van der Waals surface area (Å²) in [5.41, 5.74) is 0. The van der Waals surface area contributed by atoms with Crippen molar-refractivity contribution in [2.24, 2.45) is 0 Å². The topological polar surface area (TPSA) is 0 Å². The lowest BCUT2D eigenvalue weighted by molar-refractivity contribution is 1.12. The van der Waals surface area contributed by atoms with E-state index < -0.39 is 0 Å². The Bertz CT molecular complexity index is 33.5. The second-order valence-electron chi connectivity index (χ2n) is 1.13. The molecule has 0 aromatic heterocycles. The molecule has 0 aliphatic rings. The van der Waals surface area contributed by atoms with Crippen LogP contribution in [0.3, 0.4) is 0 Å². The fraction of sp³-hybridized carbons (Fsp3) is 0.667. The van der Waals surface area contributed by atoms with E-state index in [2.05, 4.69) is 45.4 Å². The Labute approximate surface area is 68.6 Å². The Morgan fingerprint density at radius 3 is 1.75 bits per heavy atom. The molecule has 0 nitrogen and oxygen atoms in total. The molecule has 0 saturated heterocycles. The molecule has 0 fully saturated rings. The minimum atomic E-state index is 0.896. The van der Waals surface area contributed by atoms with E-state index in [9.17, 15) is 0 Å². The standard InChI is InChI=1S/C3H7Br.C3H5Br/c2*1-2-3-4/h2-3H2,1H3;2H,1,3H2. The van der Waals surface area contributed by atoms with Gasteiger partial charge < -0.3 is 0 Å². The summed E-state index contributed by atoms with van der Waals surface area (Å²) < 4.78 is 0. The van der Waals surface area contributed by atoms with E-state index in [1.807, 2.05) is 0 Å². The first-order valence-electron chi connectivity index (χ1n) is 2.56. The van der Waals surface area contributed by atoms with E-state index >= 15 is 0 Å². The molecule has 0 amide bonds. The highest BCUT2D eigenvalue weighted by Crippen LogP contribution is 1.80. The van der Waals surface area contributed by atoms with Gasteiger partial charge in [-0.15, -0.1) is 6.58 Å². The quantitative estimate of drug-likeness (QED) is 0.516. The maximum Gasteiger partial charge on any atom is 0.0209 e. The smallest absolute Gasteiger partial charge is 0.0209 e. The van der Waals surface area contributed by atoms with Crippen LogP contribution in [0.5, 0.6) is 0 Å². The fourth-order valence-electron chi connectivity index (χ4n) is 0. The van der Waals surface area contributed by atoms with Crippen LogP contribution in [0.1, 0.15) is 13.3 Å². The van der Waals surface area contributed by atoms with Crippen LogP contribution in [0.25, 0.3) is 0 Å². The Balaban J connectivity index is 0. The lowest BCUT2D eigenvalue weighted by Crippen LogP contribution is -1.54. The van der Waals surface area contributed by atoms with Gasteiger partial charge in [0.15, 0.2) is 0 Å². The zero-order valence-electron chi connectivity index (χ0n) is 5.16. The number of allylic oxidation sites excluding steroid dienone is 1. The summed E-state index contributed by atoms with van der Waals surface area (Å²) in [5, 5.41) is 2.03. The summed E-state index contributed by atoms with van der Waals surface area (Å²) in [6.07, 6.45) is 3.03. The van der Waals surface area contributed by atoms with Gasteiger partial charge in [0.25, 0.3) is 0 Å². The number of hydrogen-bond acceptors (Lipinski definition) is 0. The SMILES string of the molecule is C=CCBr.CCCBr. The average Bonchev–Trinajstić information content (AvgIpc) is 1.88. The highest BCUT2D eigenvalue weighted by Gasteiger charge is 1.58. The van der Waals surface area contributed by atoms with Crippen molar-refractivity contribution in [3.8, 4) is 0 Å². The van der Waals surface area contributed by atoms with Crippen LogP contribution in [0.4, 0.5) is 0 Å². The minimum Gasteiger partial charge on any atom is -0.102 e. The van der Waals surface area contributed by atoms with Gasteiger partial charge in [0, 0.05) is 10.7 Å². The van der Waals surface area contributed by atoms with Gasteiger partial charge in [-0.2, -0.15) is 0 Å². The van der Waals surface area contributed by atoms with E-state index in [1.54, 1.807) is 6.08 Å². The Hall–Kier alpha value is 0.700. The van der Waals surface area contributed by atoms with Crippen LogP contribution in [0.15, 0.2) is 12.7 Å². The van der Waals surface area contributed by atoms with Gasteiger partial charge >= 0.3 is 0 Å². The van der Waals surface area contributed by atoms with Gasteiger partial charge in [0.2, 0.25) is 0 Å². The number of rotatable bonds is 2. The molecule has 0 aliphatic carbocycles. The fourth-order valence-corrected chi connectivity index (χ4v) is 0. The van der Waals surface area contributed by atoms with Gasteiger partial charge in [-0.3, -0.25) is 0 Å². The molecule has 0 saturated carbocycles. The van der Waals surface area contributed by atoms with Gasteiger partial charge in [-0.05, 0) is 6.42 Å². The first-order valence-corrected chi connectivity index (χ1v) is 4.80. The predicted molar refractivity (Wildman–Crippen MR) is 48.1 cm³/mol. The molecule has 0 aliphatic heterocycles. The molecule has 0 aromatic rings. The molecule has 2 heteroatoms. The van der Waals surface area contributed by atoms with Crippen LogP contribution in [-0.4, -0.2) is 10.7 Å². The number of hydrogen-bond donors (Lipinski definition) is 0. The summed E-state index contributed by atoms with van der Waals surface area (Å²) in [4.78, 5) is 0. The Morgan fingerprint density at radius 1 is 1.50 bits per heavy atom. The molecule has 0 rings (SSSR count). The largest absolute Gasteiger partial charge is 0.102 e. The second-order valence-corrected chi connectivity index (χ2v) is 2.57. The van der Waals surface area contributed by atoms with Crippen LogP contribution in [0.2, 0.25) is 0 Å². The molecule has 8 heavy (non-hydrogen) atoms. The zero-order valence-corrected chi connectivity index (χ0v) is 8.33. The third-order valence-electron chi connectivity index (χ3n) is 0.298. The summed E-state index contributed by atoms with van der Waals surface area (Å²) in [6, 6.07) is 0. The molecular weight excluding hydrogens is 232 g/mol. The third kappa shape index (κ3) is 29.9. The molecular formula is C6H12Br2. The average molecular weight is 244 g/mol. The van der Waals surface area contributed by atoms with Crippen molar-refractivity contribution in [2.75, 3.05) is 10.7 Å². The van der Waals surface area contributed by atoms with E-state index in [1.165, 1.54) is 6.42 Å². The molecule has 0 bridgehead atoms. The van der Waals surface area contributed by atoms with Crippen LogP contribution in [0, 0.1) is 0 Å². The first-order chi connectivity index (χ1) is 3.83. The van der Waals surface area contributed by atoms with E-state index in [0.717, 1.165) is 10.7 Å². The minimum absolute atomic E-state index is 0.896. The molecule has 0 N–H and O–H groups in total. The summed E-state index contributed by atoms with van der Waals surface area (Å²) in [5.74, 6) is 0. The van der Waals surface area contributed by atoms with Gasteiger partial charge in [0.05, 0.1) is 0 Å². The van der Waals surface area contributed by atoms with Crippen LogP contribution in [-0.2, 0) is 0 Å². The lowest BCUT2D eigenvalue weighted by Gasteiger charge is -1.66. The molecule has 0 heterocycles. The molecule has 50 valence electrons. The number of alkyl halides is 2. The van der Waals surface area contributed by atoms with Crippen molar-refractivity contribution in [1.29, 1.82) is 0 Å². The lowest BCUT2D eigenvalue weighted by atomic mass is 10.6. The maximum absolute atomic E-state index is 3.43. The first kappa shape index (κ1) is 11.5. The molecule has 0 aromatic carbocycles. The predicted octanol–water partition coefficient (Wildman–Crippen LogP) is 3.36. The molecule has 0 radical (unpaired) electrons. The van der Waals surface area contributed by atoms with Crippen molar-refractivity contribution in [2.45, 2.75) is 13.3 Å². The zero-order chi connectivity index (χ0) is 6.83. The molecule has 0 atom stereocenters. The normalized spacial score (nSPS) is 6.88. The van der Waals surface area contributed by atoms with E-state index in [0.29, 0.717) is 0 Å². The summed E-state index contributed by atoms with van der Waals surface area (Å²) in [6.45, 7) is 5.57. The van der Waals surface area contributed by atoms with Gasteiger partial charge in [0.1, 0.15) is 0 Å². The van der Waals surface area contributed by atoms with Crippen molar-refractivity contribution in [1.82, 2.24) is 0 Å². The van der Waals surface area contributed by atoms with Crippen LogP contribution >= 0.6 is 31.9 Å². The van der Waals surface area contributed by atoms with Gasteiger partial charge in [-0.25, -0.2) is 0 Å². The third-order valence-corrected chi connectivity index (χ3v) is 1.55. The van der Waals surface area contributed by atoms with E-state index in [4.69, 9.17) is 0 Å². The summed E-state index contributed by atoms with van der Waals surface area (Å²) >= 11 is 6.38. The maximum atomic E-state index is 3.43.